The monoisotopic (exact) mass is 558 g/mol. The number of nitro benzene ring substituents is 2. The maximum Gasteiger partial charge on any atom is 0.275 e. The molecule has 12 nitrogen and oxygen atoms in total. The first-order valence-electron chi connectivity index (χ1n) is 10.3. The molecule has 0 atom stereocenters. The van der Waals surface area contributed by atoms with Crippen molar-refractivity contribution in [1.82, 2.24) is 5.43 Å². The first kappa shape index (κ1) is 26.1. The minimum Gasteiger partial charge on any atom is -0.507 e. The lowest BCUT2D eigenvalue weighted by atomic mass is 10.1. The molecule has 0 saturated heterocycles. The van der Waals surface area contributed by atoms with Crippen molar-refractivity contribution in [2.45, 2.75) is 13.5 Å². The van der Waals surface area contributed by atoms with Gasteiger partial charge in [0, 0.05) is 24.3 Å². The molecule has 0 fully saturated rings. The van der Waals surface area contributed by atoms with Gasteiger partial charge in [0.15, 0.2) is 11.5 Å². The van der Waals surface area contributed by atoms with Crippen molar-refractivity contribution in [1.29, 1.82) is 0 Å². The highest BCUT2D eigenvalue weighted by molar-refractivity contribution is 9.10. The van der Waals surface area contributed by atoms with E-state index in [2.05, 4.69) is 26.5 Å². The van der Waals surface area contributed by atoms with Crippen LogP contribution in [0.15, 0.2) is 64.2 Å². The van der Waals surface area contributed by atoms with Crippen molar-refractivity contribution >= 4 is 39.4 Å². The molecule has 2 N–H and O–H groups in total. The van der Waals surface area contributed by atoms with E-state index in [9.17, 15) is 30.1 Å². The lowest BCUT2D eigenvalue weighted by Gasteiger charge is -2.14. The number of hydrogen-bond acceptors (Lipinski definition) is 9. The van der Waals surface area contributed by atoms with E-state index >= 15 is 0 Å². The van der Waals surface area contributed by atoms with Gasteiger partial charge in [-0.1, -0.05) is 0 Å². The Balaban J connectivity index is 1.73. The van der Waals surface area contributed by atoms with Crippen LogP contribution in [0.5, 0.6) is 17.2 Å². The Morgan fingerprint density at radius 3 is 2.36 bits per heavy atom. The molecule has 3 aromatic rings. The Morgan fingerprint density at radius 2 is 1.72 bits per heavy atom. The number of nitro groups is 2. The summed E-state index contributed by atoms with van der Waals surface area (Å²) < 4.78 is 12.0. The van der Waals surface area contributed by atoms with Gasteiger partial charge in [0.2, 0.25) is 0 Å². The molecule has 0 aromatic heterocycles. The molecule has 0 aliphatic rings. The number of hydrazone groups is 1. The summed E-state index contributed by atoms with van der Waals surface area (Å²) in [4.78, 5) is 32.8. The largest absolute Gasteiger partial charge is 0.507 e. The lowest BCUT2D eigenvalue weighted by molar-refractivity contribution is -0.385. The van der Waals surface area contributed by atoms with Crippen LogP contribution in [0.1, 0.15) is 28.4 Å². The second-order valence-corrected chi connectivity index (χ2v) is 7.99. The molecule has 0 aliphatic heterocycles. The zero-order chi connectivity index (χ0) is 26.2. The summed E-state index contributed by atoms with van der Waals surface area (Å²) in [5.41, 5.74) is 2.78. The summed E-state index contributed by atoms with van der Waals surface area (Å²) in [6.07, 6.45) is 1.32. The van der Waals surface area contributed by atoms with E-state index in [0.29, 0.717) is 33.7 Å². The summed E-state index contributed by atoms with van der Waals surface area (Å²) in [6, 6.07) is 12.3. The number of aromatic hydroxyl groups is 1. The number of ether oxygens (including phenoxy) is 2. The van der Waals surface area contributed by atoms with Crippen LogP contribution in [0, 0.1) is 20.2 Å². The van der Waals surface area contributed by atoms with Crippen LogP contribution in [-0.4, -0.2) is 33.7 Å². The lowest BCUT2D eigenvalue weighted by Crippen LogP contribution is -2.18. The number of benzene rings is 3. The number of carbonyl (C=O) groups excluding carboxylic acids is 1. The molecule has 0 heterocycles. The van der Waals surface area contributed by atoms with Crippen molar-refractivity contribution in [3.05, 3.63) is 96.0 Å². The Morgan fingerprint density at radius 1 is 1.06 bits per heavy atom. The Hall–Kier alpha value is -4.52. The third-order valence-electron chi connectivity index (χ3n) is 4.68. The van der Waals surface area contributed by atoms with E-state index in [-0.39, 0.29) is 23.5 Å². The van der Waals surface area contributed by atoms with Gasteiger partial charge in [-0.05, 0) is 64.3 Å². The van der Waals surface area contributed by atoms with Crippen LogP contribution in [0.25, 0.3) is 0 Å². The molecule has 186 valence electrons. The molecule has 36 heavy (non-hydrogen) atoms. The number of rotatable bonds is 10. The SMILES string of the molecule is CCOc1cc(/C=N/NC(=O)c2cc([N+](=O)[O-])ccc2O)cc(Br)c1OCc1ccc([N+](=O)[O-])cc1. The van der Waals surface area contributed by atoms with Gasteiger partial charge in [0.1, 0.15) is 12.4 Å². The molecule has 13 heteroatoms. The van der Waals surface area contributed by atoms with Gasteiger partial charge < -0.3 is 14.6 Å². The third kappa shape index (κ3) is 6.54. The van der Waals surface area contributed by atoms with Gasteiger partial charge in [0.05, 0.1) is 32.7 Å². The van der Waals surface area contributed by atoms with E-state index in [4.69, 9.17) is 9.47 Å². The molecule has 1 amide bonds. The maximum absolute atomic E-state index is 12.3. The zero-order valence-electron chi connectivity index (χ0n) is 18.7. The first-order chi connectivity index (χ1) is 17.2. The number of amides is 1. The number of non-ortho nitro benzene ring substituents is 2. The summed E-state index contributed by atoms with van der Waals surface area (Å²) >= 11 is 3.42. The van der Waals surface area contributed by atoms with E-state index in [1.807, 2.05) is 0 Å². The second kappa shape index (κ2) is 11.8. The average molecular weight is 559 g/mol. The molecular weight excluding hydrogens is 540 g/mol. The van der Waals surface area contributed by atoms with E-state index < -0.39 is 21.5 Å². The fourth-order valence-electron chi connectivity index (χ4n) is 2.98. The number of hydrogen-bond donors (Lipinski definition) is 2. The number of nitrogens with zero attached hydrogens (tertiary/aromatic N) is 3. The number of nitrogens with one attached hydrogen (secondary N) is 1. The average Bonchev–Trinajstić information content (AvgIpc) is 2.84. The molecule has 0 radical (unpaired) electrons. The summed E-state index contributed by atoms with van der Waals surface area (Å²) in [6.45, 7) is 2.26. The van der Waals surface area contributed by atoms with Gasteiger partial charge >= 0.3 is 0 Å². The molecule has 0 bridgehead atoms. The quantitative estimate of drug-likeness (QED) is 0.205. The Kier molecular flexibility index (Phi) is 8.52. The predicted octanol–water partition coefficient (Wildman–Crippen LogP) is 4.71. The molecule has 3 rings (SSSR count). The standard InChI is InChI=1S/C23H19BrN4O8/c1-2-35-21-10-15(12-25-26-23(30)18-11-17(28(33)34)7-8-20(18)29)9-19(24)22(21)36-13-14-3-5-16(6-4-14)27(31)32/h3-12,29H,2,13H2,1H3,(H,26,30)/b25-12+. The van der Waals surface area contributed by atoms with Gasteiger partial charge in [0.25, 0.3) is 17.3 Å². The van der Waals surface area contributed by atoms with Crippen LogP contribution < -0.4 is 14.9 Å². The van der Waals surface area contributed by atoms with Crippen molar-refractivity contribution < 1.29 is 29.2 Å². The molecular formula is C23H19BrN4O8. The van der Waals surface area contributed by atoms with Crippen LogP contribution in [0.2, 0.25) is 0 Å². The minimum absolute atomic E-state index is 0.0219. The number of halogens is 1. The third-order valence-corrected chi connectivity index (χ3v) is 5.27. The highest BCUT2D eigenvalue weighted by Crippen LogP contribution is 2.37. The minimum atomic E-state index is -0.834. The Bertz CT molecular complexity index is 1330. The maximum atomic E-state index is 12.3. The predicted molar refractivity (Wildman–Crippen MR) is 133 cm³/mol. The topological polar surface area (TPSA) is 166 Å². The summed E-state index contributed by atoms with van der Waals surface area (Å²) in [7, 11) is 0. The normalized spacial score (nSPS) is 10.7. The smallest absolute Gasteiger partial charge is 0.275 e. The highest BCUT2D eigenvalue weighted by atomic mass is 79.9. The van der Waals surface area contributed by atoms with Crippen LogP contribution in [0.3, 0.4) is 0 Å². The van der Waals surface area contributed by atoms with Crippen LogP contribution >= 0.6 is 15.9 Å². The fraction of sp³-hybridized carbons (Fsp3) is 0.130. The first-order valence-corrected chi connectivity index (χ1v) is 11.1. The van der Waals surface area contributed by atoms with E-state index in [1.165, 1.54) is 18.3 Å². The van der Waals surface area contributed by atoms with Gasteiger partial charge in [-0.2, -0.15) is 5.10 Å². The number of carbonyl (C=O) groups is 1. The van der Waals surface area contributed by atoms with Crippen LogP contribution in [-0.2, 0) is 6.61 Å². The zero-order valence-corrected chi connectivity index (χ0v) is 20.3. The summed E-state index contributed by atoms with van der Waals surface area (Å²) in [5, 5.41) is 35.4. The van der Waals surface area contributed by atoms with Crippen molar-refractivity contribution in [3.63, 3.8) is 0 Å². The van der Waals surface area contributed by atoms with Crippen molar-refractivity contribution in [2.75, 3.05) is 6.61 Å². The van der Waals surface area contributed by atoms with E-state index in [1.54, 1.807) is 31.2 Å². The molecule has 0 unspecified atom stereocenters. The molecule has 0 aliphatic carbocycles. The van der Waals surface area contributed by atoms with Crippen LogP contribution in [0.4, 0.5) is 11.4 Å². The number of phenolic OH excluding ortho intramolecular Hbond substituents is 1. The summed E-state index contributed by atoms with van der Waals surface area (Å²) in [5.74, 6) is -0.473. The highest BCUT2D eigenvalue weighted by Gasteiger charge is 2.16. The van der Waals surface area contributed by atoms with Gasteiger partial charge in [-0.15, -0.1) is 0 Å². The van der Waals surface area contributed by atoms with Gasteiger partial charge in [-0.3, -0.25) is 25.0 Å². The fourth-order valence-corrected chi connectivity index (χ4v) is 3.55. The van der Waals surface area contributed by atoms with Gasteiger partial charge in [-0.25, -0.2) is 5.43 Å². The van der Waals surface area contributed by atoms with Crippen molar-refractivity contribution in [3.8, 4) is 17.2 Å². The Labute approximate surface area is 212 Å². The molecule has 0 saturated carbocycles. The number of phenols is 1. The molecule has 0 spiro atoms. The molecule has 3 aromatic carbocycles. The van der Waals surface area contributed by atoms with Crippen molar-refractivity contribution in [2.24, 2.45) is 5.10 Å². The van der Waals surface area contributed by atoms with E-state index in [0.717, 1.165) is 18.2 Å². The second-order valence-electron chi connectivity index (χ2n) is 7.13.